The normalized spacial score (nSPS) is 13.1. The van der Waals surface area contributed by atoms with Crippen LogP contribution in [0, 0.1) is 0 Å². The summed E-state index contributed by atoms with van der Waals surface area (Å²) in [5, 5.41) is 4.08. The number of rotatable bonds is 11. The second kappa shape index (κ2) is 13.2. The van der Waals surface area contributed by atoms with E-state index in [1.165, 1.54) is 17.8 Å². The number of fused-ring (bicyclic) bond motifs is 1. The van der Waals surface area contributed by atoms with Gasteiger partial charge in [-0.2, -0.15) is 13.2 Å². The van der Waals surface area contributed by atoms with Crippen molar-refractivity contribution in [1.29, 1.82) is 0 Å². The average Bonchev–Trinajstić information content (AvgIpc) is 2.95. The maximum Gasteiger partial charge on any atom is 0.418 e. The lowest BCUT2D eigenvalue weighted by atomic mass is 9.87. The van der Waals surface area contributed by atoms with E-state index in [1.54, 1.807) is 18.2 Å². The van der Waals surface area contributed by atoms with Crippen molar-refractivity contribution in [2.45, 2.75) is 72.3 Å². The highest BCUT2D eigenvalue weighted by atomic mass is 19.4. The lowest BCUT2D eigenvalue weighted by Gasteiger charge is -2.21. The largest absolute Gasteiger partial charge is 0.418 e. The van der Waals surface area contributed by atoms with Gasteiger partial charge in [0, 0.05) is 29.4 Å². The van der Waals surface area contributed by atoms with Crippen molar-refractivity contribution in [2.75, 3.05) is 25.0 Å². The molecule has 4 rings (SSSR count). The highest BCUT2D eigenvalue weighted by Crippen LogP contribution is 2.37. The number of hydrogen-bond acceptors (Lipinski definition) is 6. The molecule has 9 heteroatoms. The van der Waals surface area contributed by atoms with Crippen LogP contribution in [0.25, 0.3) is 22.2 Å². The summed E-state index contributed by atoms with van der Waals surface area (Å²) in [5.74, 6) is 1.00. The van der Waals surface area contributed by atoms with E-state index in [0.717, 1.165) is 37.8 Å². The van der Waals surface area contributed by atoms with Crippen molar-refractivity contribution >= 4 is 22.4 Å². The van der Waals surface area contributed by atoms with E-state index in [0.29, 0.717) is 28.1 Å². The minimum atomic E-state index is -4.53. The number of nitrogens with zero attached hydrogens (tertiary/aromatic N) is 4. The third-order valence-corrected chi connectivity index (χ3v) is 7.39. The van der Waals surface area contributed by atoms with Crippen molar-refractivity contribution in [1.82, 2.24) is 19.9 Å². The summed E-state index contributed by atoms with van der Waals surface area (Å²) in [6, 6.07) is 15.5. The highest BCUT2D eigenvalue weighted by Gasteiger charge is 2.34. The summed E-state index contributed by atoms with van der Waals surface area (Å²) in [7, 11) is 0. The van der Waals surface area contributed by atoms with Gasteiger partial charge in [0.25, 0.3) is 0 Å². The van der Waals surface area contributed by atoms with E-state index < -0.39 is 11.7 Å². The average molecular weight is 580 g/mol. The van der Waals surface area contributed by atoms with Crippen molar-refractivity contribution in [2.24, 2.45) is 0 Å². The third kappa shape index (κ3) is 7.83. The molecule has 1 atom stereocenters. The molecule has 1 N–H and O–H groups in total. The topological polar surface area (TPSA) is 63.2 Å². The third-order valence-electron chi connectivity index (χ3n) is 7.39. The minimum Gasteiger partial charge on any atom is -0.370 e. The minimum absolute atomic E-state index is 0.0135. The molecule has 0 aliphatic rings. The Kier molecular flexibility index (Phi) is 9.84. The molecule has 0 radical (unpaired) electrons. The first-order valence-corrected chi connectivity index (χ1v) is 14.4. The first kappa shape index (κ1) is 31.4. The zero-order valence-corrected chi connectivity index (χ0v) is 25.2. The Morgan fingerprint density at radius 1 is 0.952 bits per heavy atom. The fraction of sp³-hybridized carbons (Fsp3) is 0.424. The van der Waals surface area contributed by atoms with Gasteiger partial charge in [-0.1, -0.05) is 52.8 Å². The van der Waals surface area contributed by atoms with Gasteiger partial charge in [-0.15, -0.1) is 0 Å². The van der Waals surface area contributed by atoms with Gasteiger partial charge in [0.15, 0.2) is 5.82 Å². The predicted molar refractivity (Wildman–Crippen MR) is 163 cm³/mol. The number of benzene rings is 2. The van der Waals surface area contributed by atoms with E-state index in [9.17, 15) is 13.2 Å². The lowest BCUT2D eigenvalue weighted by molar-refractivity contribution is -0.137. The second-order valence-electron chi connectivity index (χ2n) is 11.5. The van der Waals surface area contributed by atoms with Gasteiger partial charge in [-0.25, -0.2) is 9.97 Å². The van der Waals surface area contributed by atoms with Gasteiger partial charge in [0.1, 0.15) is 12.4 Å². The van der Waals surface area contributed by atoms with Crippen molar-refractivity contribution in [3.8, 4) is 11.3 Å². The molecule has 6 nitrogen and oxygen atoms in total. The predicted octanol–water partition coefficient (Wildman–Crippen LogP) is 8.39. The molecule has 0 amide bonds. The molecule has 2 aromatic carbocycles. The summed E-state index contributed by atoms with van der Waals surface area (Å²) in [6.07, 6.45) is -2.32. The van der Waals surface area contributed by atoms with E-state index in [4.69, 9.17) is 14.7 Å². The quantitative estimate of drug-likeness (QED) is 0.193. The number of hydrogen-bond donors (Lipinski definition) is 1. The van der Waals surface area contributed by atoms with Crippen LogP contribution in [0.15, 0.2) is 60.8 Å². The van der Waals surface area contributed by atoms with E-state index >= 15 is 0 Å². The number of halogens is 3. The molecular weight excluding hydrogens is 539 g/mol. The monoisotopic (exact) mass is 579 g/mol. The smallest absolute Gasteiger partial charge is 0.370 e. The fourth-order valence-corrected chi connectivity index (χ4v) is 4.74. The van der Waals surface area contributed by atoms with Crippen LogP contribution in [0.1, 0.15) is 64.9 Å². The summed E-state index contributed by atoms with van der Waals surface area (Å²) in [6.45, 7) is 15.9. The molecule has 0 fully saturated rings. The van der Waals surface area contributed by atoms with E-state index in [2.05, 4.69) is 62.0 Å². The molecule has 0 saturated heterocycles. The van der Waals surface area contributed by atoms with E-state index in [1.807, 2.05) is 19.1 Å². The van der Waals surface area contributed by atoms with Crippen LogP contribution < -0.4 is 5.32 Å². The van der Waals surface area contributed by atoms with Crippen LogP contribution in [-0.4, -0.2) is 45.6 Å². The van der Waals surface area contributed by atoms with Gasteiger partial charge >= 0.3 is 6.18 Å². The Morgan fingerprint density at radius 2 is 1.67 bits per heavy atom. The van der Waals surface area contributed by atoms with Gasteiger partial charge in [-0.05, 0) is 73.8 Å². The van der Waals surface area contributed by atoms with Crippen LogP contribution in [-0.2, 0) is 22.9 Å². The molecule has 0 spiro atoms. The van der Waals surface area contributed by atoms with Gasteiger partial charge in [-0.3, -0.25) is 4.98 Å². The van der Waals surface area contributed by atoms with Crippen LogP contribution in [0.5, 0.6) is 0 Å². The van der Waals surface area contributed by atoms with Gasteiger partial charge < -0.3 is 15.0 Å². The Morgan fingerprint density at radius 3 is 2.31 bits per heavy atom. The number of aromatic nitrogens is 3. The van der Waals surface area contributed by atoms with Crippen molar-refractivity contribution < 1.29 is 17.9 Å². The summed E-state index contributed by atoms with van der Waals surface area (Å²) in [4.78, 5) is 15.9. The molecular formula is C33H40F3N5O. The van der Waals surface area contributed by atoms with Crippen molar-refractivity contribution in [3.63, 3.8) is 0 Å². The number of pyridine rings is 1. The molecule has 0 aliphatic carbocycles. The first-order valence-electron chi connectivity index (χ1n) is 14.4. The Labute approximate surface area is 246 Å². The van der Waals surface area contributed by atoms with Crippen LogP contribution >= 0.6 is 0 Å². The molecule has 0 aliphatic heterocycles. The van der Waals surface area contributed by atoms with Crippen LogP contribution in [0.4, 0.5) is 24.7 Å². The van der Waals surface area contributed by atoms with Gasteiger partial charge in [0.2, 0.25) is 0 Å². The van der Waals surface area contributed by atoms with Crippen molar-refractivity contribution in [3.05, 3.63) is 77.7 Å². The van der Waals surface area contributed by atoms with Crippen LogP contribution in [0.3, 0.4) is 0 Å². The number of anilines is 2. The summed E-state index contributed by atoms with van der Waals surface area (Å²) in [5.41, 5.74) is 1.97. The fourth-order valence-electron chi connectivity index (χ4n) is 4.74. The molecule has 224 valence electrons. The zero-order chi connectivity index (χ0) is 30.5. The number of nitrogens with one attached hydrogen (secondary N) is 1. The Hall–Kier alpha value is -3.56. The maximum absolute atomic E-state index is 13.8. The first-order chi connectivity index (χ1) is 19.9. The summed E-state index contributed by atoms with van der Waals surface area (Å²) < 4.78 is 47.4. The lowest BCUT2D eigenvalue weighted by Crippen LogP contribution is -2.27. The van der Waals surface area contributed by atoms with Gasteiger partial charge in [0.05, 0.1) is 22.9 Å². The maximum atomic E-state index is 13.8. The molecule has 2 aromatic heterocycles. The zero-order valence-electron chi connectivity index (χ0n) is 25.2. The highest BCUT2D eigenvalue weighted by molar-refractivity contribution is 5.93. The molecule has 42 heavy (non-hydrogen) atoms. The van der Waals surface area contributed by atoms with E-state index in [-0.39, 0.29) is 23.8 Å². The SMILES string of the molecule is CCN(CC)CCC(C)OCc1nc(Nc2ccc(C(C)(C)C)cc2)c2ccc(-c3ncccc3C(F)(F)F)cc2n1. The Bertz CT molecular complexity index is 1480. The standard InChI is InChI=1S/C33H40F3N5O/c1-7-41(8-2)19-17-22(3)42-21-29-39-28-20-23(30-27(33(34,35)36)10-9-18-37-30)11-16-26(28)31(40-29)38-25-14-12-24(13-15-25)32(4,5)6/h9-16,18,20,22H,7-8,17,19,21H2,1-6H3,(H,38,39,40). The molecule has 4 aromatic rings. The molecule has 2 heterocycles. The molecule has 0 bridgehead atoms. The number of alkyl halides is 3. The Balaban J connectivity index is 1.69. The molecule has 0 saturated carbocycles. The number of ether oxygens (including phenoxy) is 1. The summed E-state index contributed by atoms with van der Waals surface area (Å²) >= 11 is 0. The second-order valence-corrected chi connectivity index (χ2v) is 11.5. The van der Waals surface area contributed by atoms with Crippen LogP contribution in [0.2, 0.25) is 0 Å². The molecule has 1 unspecified atom stereocenters.